The van der Waals surface area contributed by atoms with E-state index in [4.69, 9.17) is 0 Å². The lowest BCUT2D eigenvalue weighted by atomic mass is 10.3. The number of imidazole rings is 1. The van der Waals surface area contributed by atoms with E-state index < -0.39 is 0 Å². The minimum Gasteiger partial charge on any atom is -0.325 e. The Morgan fingerprint density at radius 2 is 1.74 bits per heavy atom. The van der Waals surface area contributed by atoms with Crippen LogP contribution in [0.3, 0.4) is 0 Å². The van der Waals surface area contributed by atoms with Crippen molar-refractivity contribution in [1.82, 2.24) is 9.13 Å². The topological polar surface area (TPSA) is 56.0 Å². The lowest BCUT2D eigenvalue weighted by Gasteiger charge is -2.07. The second-order valence-corrected chi connectivity index (χ2v) is 6.07. The zero-order valence-corrected chi connectivity index (χ0v) is 13.8. The first kappa shape index (κ1) is 15.4. The van der Waals surface area contributed by atoms with Gasteiger partial charge >= 0.3 is 5.69 Å². The Morgan fingerprint density at radius 3 is 2.39 bits per heavy atom. The first-order valence-corrected chi connectivity index (χ1v) is 8.41. The summed E-state index contributed by atoms with van der Waals surface area (Å²) >= 11 is 1.64. The molecule has 1 aromatic heterocycles. The number of anilines is 1. The normalized spacial score (nSPS) is 10.9. The molecule has 23 heavy (non-hydrogen) atoms. The molecule has 0 bridgehead atoms. The van der Waals surface area contributed by atoms with Gasteiger partial charge in [-0.1, -0.05) is 12.1 Å². The average molecular weight is 327 g/mol. The van der Waals surface area contributed by atoms with Crippen LogP contribution >= 0.6 is 11.8 Å². The molecule has 118 valence electrons. The number of hydrogen-bond donors (Lipinski definition) is 1. The molecule has 0 atom stereocenters. The van der Waals surface area contributed by atoms with E-state index in [0.29, 0.717) is 0 Å². The van der Waals surface area contributed by atoms with E-state index in [1.807, 2.05) is 54.8 Å². The number of hydrogen-bond acceptors (Lipinski definition) is 3. The maximum absolute atomic E-state index is 12.3. The van der Waals surface area contributed by atoms with E-state index in [2.05, 4.69) is 5.32 Å². The molecule has 2 aromatic carbocycles. The molecule has 0 aliphatic rings. The van der Waals surface area contributed by atoms with Gasteiger partial charge in [-0.2, -0.15) is 0 Å². The van der Waals surface area contributed by atoms with Crippen LogP contribution in [0.1, 0.15) is 0 Å². The van der Waals surface area contributed by atoms with Crippen LogP contribution in [0.4, 0.5) is 5.69 Å². The summed E-state index contributed by atoms with van der Waals surface area (Å²) in [6, 6.07) is 15.1. The Labute approximate surface area is 137 Å². The number of carbonyl (C=O) groups excluding carboxylic acids is 1. The van der Waals surface area contributed by atoms with Gasteiger partial charge in [0.15, 0.2) is 0 Å². The molecule has 0 saturated heterocycles. The minimum atomic E-state index is -0.222. The van der Waals surface area contributed by atoms with Crippen LogP contribution in [0, 0.1) is 0 Å². The van der Waals surface area contributed by atoms with Gasteiger partial charge in [0.05, 0.1) is 11.0 Å². The van der Waals surface area contributed by atoms with Gasteiger partial charge in [0.1, 0.15) is 6.54 Å². The molecule has 0 fully saturated rings. The van der Waals surface area contributed by atoms with E-state index in [-0.39, 0.29) is 18.1 Å². The number of rotatable bonds is 4. The number of nitrogens with one attached hydrogen (secondary N) is 1. The number of benzene rings is 2. The molecule has 0 aliphatic carbocycles. The van der Waals surface area contributed by atoms with Gasteiger partial charge in [-0.25, -0.2) is 4.79 Å². The fraction of sp³-hybridized carbons (Fsp3) is 0.176. The molecule has 5 nitrogen and oxygen atoms in total. The number of aromatic nitrogens is 2. The highest BCUT2D eigenvalue weighted by molar-refractivity contribution is 7.98. The van der Waals surface area contributed by atoms with Crippen LogP contribution < -0.4 is 11.0 Å². The van der Waals surface area contributed by atoms with Crippen molar-refractivity contribution >= 4 is 34.4 Å². The second-order valence-electron chi connectivity index (χ2n) is 5.19. The van der Waals surface area contributed by atoms with Gasteiger partial charge in [-0.15, -0.1) is 11.8 Å². The van der Waals surface area contributed by atoms with Crippen molar-refractivity contribution in [2.45, 2.75) is 11.4 Å². The highest BCUT2D eigenvalue weighted by Gasteiger charge is 2.13. The standard InChI is InChI=1S/C17H17N3O2S/c1-19-14-5-3-4-6-15(14)20(17(19)22)11-16(21)18-12-7-9-13(23-2)10-8-12/h3-10H,11H2,1-2H3,(H,18,21). The summed E-state index contributed by atoms with van der Waals surface area (Å²) in [5.41, 5.74) is 2.10. The molecule has 6 heteroatoms. The molecule has 0 unspecified atom stereocenters. The molecular weight excluding hydrogens is 310 g/mol. The van der Waals surface area contributed by atoms with Crippen LogP contribution in [-0.2, 0) is 18.4 Å². The Balaban J connectivity index is 1.83. The van der Waals surface area contributed by atoms with Gasteiger partial charge in [0, 0.05) is 17.6 Å². The fourth-order valence-corrected chi connectivity index (χ4v) is 2.94. The Bertz CT molecular complexity index is 910. The van der Waals surface area contributed by atoms with E-state index in [9.17, 15) is 9.59 Å². The van der Waals surface area contributed by atoms with Crippen molar-refractivity contribution < 1.29 is 4.79 Å². The zero-order chi connectivity index (χ0) is 16.4. The van der Waals surface area contributed by atoms with Crippen molar-refractivity contribution in [2.75, 3.05) is 11.6 Å². The number of para-hydroxylation sites is 2. The zero-order valence-electron chi connectivity index (χ0n) is 12.9. The quantitative estimate of drug-likeness (QED) is 0.750. The number of fused-ring (bicyclic) bond motifs is 1. The third kappa shape index (κ3) is 3.03. The molecule has 0 spiro atoms. The van der Waals surface area contributed by atoms with Crippen LogP contribution in [0.15, 0.2) is 58.2 Å². The van der Waals surface area contributed by atoms with Gasteiger partial charge in [0.2, 0.25) is 5.91 Å². The van der Waals surface area contributed by atoms with E-state index in [1.165, 1.54) is 4.57 Å². The van der Waals surface area contributed by atoms with Crippen LogP contribution in [0.2, 0.25) is 0 Å². The van der Waals surface area contributed by atoms with Gasteiger partial charge in [0.25, 0.3) is 0 Å². The molecule has 3 rings (SSSR count). The summed E-state index contributed by atoms with van der Waals surface area (Å²) in [6.45, 7) is -0.00946. The first-order chi connectivity index (χ1) is 11.1. The van der Waals surface area contributed by atoms with E-state index in [1.54, 1.807) is 23.4 Å². The number of aryl methyl sites for hydroxylation is 1. The number of nitrogens with zero attached hydrogens (tertiary/aromatic N) is 2. The maximum Gasteiger partial charge on any atom is 0.329 e. The smallest absolute Gasteiger partial charge is 0.325 e. The number of amides is 1. The number of thioether (sulfide) groups is 1. The highest BCUT2D eigenvalue weighted by atomic mass is 32.2. The second kappa shape index (κ2) is 6.34. The average Bonchev–Trinajstić information content (AvgIpc) is 2.81. The van der Waals surface area contributed by atoms with Crippen molar-refractivity contribution in [1.29, 1.82) is 0 Å². The highest BCUT2D eigenvalue weighted by Crippen LogP contribution is 2.17. The summed E-state index contributed by atoms with van der Waals surface area (Å²) in [5, 5.41) is 2.83. The van der Waals surface area contributed by atoms with Gasteiger partial charge < -0.3 is 5.32 Å². The van der Waals surface area contributed by atoms with E-state index in [0.717, 1.165) is 21.6 Å². The Morgan fingerprint density at radius 1 is 1.09 bits per heavy atom. The van der Waals surface area contributed by atoms with Crippen LogP contribution in [0.5, 0.6) is 0 Å². The lowest BCUT2D eigenvalue weighted by Crippen LogP contribution is -2.28. The van der Waals surface area contributed by atoms with Crippen molar-refractivity contribution in [3.63, 3.8) is 0 Å². The fourth-order valence-electron chi connectivity index (χ4n) is 2.53. The lowest BCUT2D eigenvalue weighted by molar-refractivity contribution is -0.116. The van der Waals surface area contributed by atoms with Crippen molar-refractivity contribution in [2.24, 2.45) is 7.05 Å². The number of carbonyl (C=O) groups is 1. The largest absolute Gasteiger partial charge is 0.329 e. The SMILES string of the molecule is CSc1ccc(NC(=O)Cn2c(=O)n(C)c3ccccc32)cc1. The molecule has 3 aromatic rings. The molecular formula is C17H17N3O2S. The summed E-state index contributed by atoms with van der Waals surface area (Å²) in [5.74, 6) is -0.222. The summed E-state index contributed by atoms with van der Waals surface area (Å²) in [4.78, 5) is 25.7. The Kier molecular flexibility index (Phi) is 4.25. The summed E-state index contributed by atoms with van der Waals surface area (Å²) < 4.78 is 3.04. The van der Waals surface area contributed by atoms with E-state index >= 15 is 0 Å². The van der Waals surface area contributed by atoms with Gasteiger partial charge in [-0.3, -0.25) is 13.9 Å². The molecule has 0 radical (unpaired) electrons. The molecule has 0 aliphatic heterocycles. The van der Waals surface area contributed by atoms with Crippen LogP contribution in [0.25, 0.3) is 11.0 Å². The predicted molar refractivity (Wildman–Crippen MR) is 94.0 cm³/mol. The third-order valence-corrected chi connectivity index (χ3v) is 4.47. The van der Waals surface area contributed by atoms with Crippen LogP contribution in [-0.4, -0.2) is 21.3 Å². The molecule has 1 heterocycles. The van der Waals surface area contributed by atoms with Crippen molar-refractivity contribution in [3.8, 4) is 0 Å². The first-order valence-electron chi connectivity index (χ1n) is 7.18. The van der Waals surface area contributed by atoms with Crippen molar-refractivity contribution in [3.05, 3.63) is 59.0 Å². The summed E-state index contributed by atoms with van der Waals surface area (Å²) in [6.07, 6.45) is 2.00. The maximum atomic E-state index is 12.3. The Hall–Kier alpha value is -2.47. The predicted octanol–water partition coefficient (Wildman–Crippen LogP) is 2.70. The molecule has 1 amide bonds. The summed E-state index contributed by atoms with van der Waals surface area (Å²) in [7, 11) is 1.71. The minimum absolute atomic E-state index is 0.00946. The van der Waals surface area contributed by atoms with Gasteiger partial charge in [-0.05, 0) is 42.7 Å². The third-order valence-electron chi connectivity index (χ3n) is 3.73. The molecule has 1 N–H and O–H groups in total. The molecule has 0 saturated carbocycles. The monoisotopic (exact) mass is 327 g/mol.